The Balaban J connectivity index is 2.75. The van der Waals surface area contributed by atoms with Gasteiger partial charge in [-0.3, -0.25) is 5.43 Å². The van der Waals surface area contributed by atoms with Crippen molar-refractivity contribution in [3.63, 3.8) is 0 Å². The van der Waals surface area contributed by atoms with Crippen LogP contribution in [0.15, 0.2) is 29.4 Å². The molecule has 0 aliphatic carbocycles. The number of hydrogen-bond donors (Lipinski definition) is 1. The summed E-state index contributed by atoms with van der Waals surface area (Å²) in [5, 5.41) is 12.1. The third-order valence-corrected chi connectivity index (χ3v) is 1.63. The van der Waals surface area contributed by atoms with Gasteiger partial charge >= 0.3 is 5.97 Å². The Labute approximate surface area is 91.1 Å². The lowest BCUT2D eigenvalue weighted by Gasteiger charge is -2.00. The highest BCUT2D eigenvalue weighted by molar-refractivity contribution is 6.43. The zero-order valence-corrected chi connectivity index (χ0v) is 8.40. The maximum atomic E-state index is 12.5. The van der Waals surface area contributed by atoms with E-state index in [-0.39, 0.29) is 5.82 Å². The Kier molecular flexibility index (Phi) is 3.98. The number of anilines is 1. The molecule has 16 heavy (non-hydrogen) atoms. The van der Waals surface area contributed by atoms with Gasteiger partial charge < -0.3 is 4.74 Å². The number of nitrogens with one attached hydrogen (secondary N) is 1. The van der Waals surface area contributed by atoms with Gasteiger partial charge in [-0.1, -0.05) is 0 Å². The summed E-state index contributed by atoms with van der Waals surface area (Å²) in [6.45, 7) is 0. The largest absolute Gasteiger partial charge is 0.464 e. The Hall–Kier alpha value is -2.42. The lowest BCUT2D eigenvalue weighted by molar-refractivity contribution is -0.132. The number of esters is 1. The van der Waals surface area contributed by atoms with Crippen molar-refractivity contribution < 1.29 is 13.9 Å². The third-order valence-electron chi connectivity index (χ3n) is 1.63. The van der Waals surface area contributed by atoms with Crippen LogP contribution >= 0.6 is 0 Å². The van der Waals surface area contributed by atoms with Gasteiger partial charge in [0.05, 0.1) is 12.8 Å². The number of hydrogen-bond acceptors (Lipinski definition) is 5. The maximum Gasteiger partial charge on any atom is 0.369 e. The molecule has 0 bridgehead atoms. The minimum atomic E-state index is -0.836. The maximum absolute atomic E-state index is 12.5. The van der Waals surface area contributed by atoms with Crippen molar-refractivity contribution in [2.75, 3.05) is 12.5 Å². The standard InChI is InChI=1S/C10H8FN3O2/c1-16-10(15)9(6-12)14-13-8-4-2-7(11)3-5-8/h2-5,13H,1H3. The van der Waals surface area contributed by atoms with Crippen LogP contribution in [0.2, 0.25) is 0 Å². The molecule has 0 radical (unpaired) electrons. The van der Waals surface area contributed by atoms with Gasteiger partial charge in [-0.15, -0.1) is 0 Å². The molecule has 6 heteroatoms. The summed E-state index contributed by atoms with van der Waals surface area (Å²) in [7, 11) is 1.15. The molecule has 0 aliphatic rings. The Morgan fingerprint density at radius 2 is 2.12 bits per heavy atom. The fourth-order valence-corrected chi connectivity index (χ4v) is 0.858. The molecule has 0 spiro atoms. The van der Waals surface area contributed by atoms with Crippen LogP contribution in [-0.4, -0.2) is 18.8 Å². The molecule has 1 aromatic carbocycles. The first-order valence-corrected chi connectivity index (χ1v) is 4.25. The van der Waals surface area contributed by atoms with Gasteiger partial charge in [-0.2, -0.15) is 10.4 Å². The highest BCUT2D eigenvalue weighted by Crippen LogP contribution is 2.07. The molecule has 1 N–H and O–H groups in total. The van der Waals surface area contributed by atoms with Crippen LogP contribution in [0.1, 0.15) is 0 Å². The molecule has 0 unspecified atom stereocenters. The summed E-state index contributed by atoms with van der Waals surface area (Å²) >= 11 is 0. The van der Waals surface area contributed by atoms with Crippen molar-refractivity contribution in [2.45, 2.75) is 0 Å². The molecule has 1 aromatic rings. The fraction of sp³-hybridized carbons (Fsp3) is 0.100. The minimum absolute atomic E-state index is 0.386. The Morgan fingerprint density at radius 3 is 2.62 bits per heavy atom. The van der Waals surface area contributed by atoms with Crippen molar-refractivity contribution >= 4 is 17.4 Å². The van der Waals surface area contributed by atoms with E-state index in [0.29, 0.717) is 5.69 Å². The van der Waals surface area contributed by atoms with Crippen LogP contribution in [0.25, 0.3) is 0 Å². The number of nitriles is 1. The summed E-state index contributed by atoms with van der Waals surface area (Å²) < 4.78 is 16.9. The van der Waals surface area contributed by atoms with E-state index in [2.05, 4.69) is 15.3 Å². The van der Waals surface area contributed by atoms with E-state index in [0.717, 1.165) is 7.11 Å². The van der Waals surface area contributed by atoms with E-state index < -0.39 is 11.7 Å². The predicted molar refractivity (Wildman–Crippen MR) is 55.1 cm³/mol. The number of nitrogens with zero attached hydrogens (tertiary/aromatic N) is 2. The molecular weight excluding hydrogens is 213 g/mol. The summed E-state index contributed by atoms with van der Waals surface area (Å²) in [5.41, 5.74) is 2.48. The topological polar surface area (TPSA) is 74.5 Å². The van der Waals surface area contributed by atoms with Crippen LogP contribution in [0.3, 0.4) is 0 Å². The van der Waals surface area contributed by atoms with Crippen LogP contribution in [-0.2, 0) is 9.53 Å². The van der Waals surface area contributed by atoms with Crippen LogP contribution < -0.4 is 5.43 Å². The molecule has 0 saturated carbocycles. The van der Waals surface area contributed by atoms with Gasteiger partial charge in [-0.25, -0.2) is 9.18 Å². The van der Waals surface area contributed by atoms with E-state index in [1.165, 1.54) is 24.3 Å². The number of halogens is 1. The second kappa shape index (κ2) is 5.46. The highest BCUT2D eigenvalue weighted by Gasteiger charge is 2.10. The van der Waals surface area contributed by atoms with Gasteiger partial charge in [0.2, 0.25) is 5.71 Å². The van der Waals surface area contributed by atoms with Crippen LogP contribution in [0.5, 0.6) is 0 Å². The van der Waals surface area contributed by atoms with Crippen molar-refractivity contribution in [1.29, 1.82) is 5.26 Å². The van der Waals surface area contributed by atoms with Gasteiger partial charge in [0, 0.05) is 0 Å². The second-order valence-electron chi connectivity index (χ2n) is 2.68. The summed E-state index contributed by atoms with van der Waals surface area (Å²) in [6, 6.07) is 6.87. The van der Waals surface area contributed by atoms with Crippen LogP contribution in [0.4, 0.5) is 10.1 Å². The molecule has 82 valence electrons. The van der Waals surface area contributed by atoms with E-state index in [1.54, 1.807) is 6.07 Å². The minimum Gasteiger partial charge on any atom is -0.464 e. The molecule has 0 aromatic heterocycles. The smallest absolute Gasteiger partial charge is 0.369 e. The van der Waals surface area contributed by atoms with Gasteiger partial charge in [0.25, 0.3) is 0 Å². The van der Waals surface area contributed by atoms with E-state index >= 15 is 0 Å². The van der Waals surface area contributed by atoms with Gasteiger partial charge in [0.1, 0.15) is 11.9 Å². The monoisotopic (exact) mass is 221 g/mol. The fourth-order valence-electron chi connectivity index (χ4n) is 0.858. The molecule has 0 saturated heterocycles. The number of ether oxygens (including phenoxy) is 1. The average Bonchev–Trinajstić information content (AvgIpc) is 2.31. The Morgan fingerprint density at radius 1 is 1.50 bits per heavy atom. The quantitative estimate of drug-likeness (QED) is 0.474. The zero-order valence-electron chi connectivity index (χ0n) is 8.40. The number of hydrazone groups is 1. The number of carbonyl (C=O) groups is 1. The highest BCUT2D eigenvalue weighted by atomic mass is 19.1. The number of methoxy groups -OCH3 is 1. The van der Waals surface area contributed by atoms with Crippen LogP contribution in [0, 0.1) is 17.1 Å². The van der Waals surface area contributed by atoms with E-state index in [1.807, 2.05) is 0 Å². The first-order chi connectivity index (χ1) is 7.67. The normalized spacial score (nSPS) is 10.4. The van der Waals surface area contributed by atoms with Crippen molar-refractivity contribution in [3.8, 4) is 6.07 Å². The summed E-state index contributed by atoms with van der Waals surface area (Å²) in [6.07, 6.45) is 0. The molecule has 1 rings (SSSR count). The van der Waals surface area contributed by atoms with Gasteiger partial charge in [0.15, 0.2) is 0 Å². The SMILES string of the molecule is COC(=O)C(C#N)=NNc1ccc(F)cc1. The van der Waals surface area contributed by atoms with Crippen molar-refractivity contribution in [2.24, 2.45) is 5.10 Å². The third kappa shape index (κ3) is 3.06. The number of benzene rings is 1. The summed E-state index contributed by atoms with van der Waals surface area (Å²) in [5.74, 6) is -1.22. The molecule has 0 amide bonds. The first kappa shape index (κ1) is 11.7. The predicted octanol–water partition coefficient (Wildman–Crippen LogP) is 1.29. The summed E-state index contributed by atoms with van der Waals surface area (Å²) in [4.78, 5) is 10.9. The molecule has 0 atom stereocenters. The number of carbonyl (C=O) groups excluding carboxylic acids is 1. The first-order valence-electron chi connectivity index (χ1n) is 4.25. The molecule has 0 heterocycles. The van der Waals surface area contributed by atoms with Crippen molar-refractivity contribution in [1.82, 2.24) is 0 Å². The van der Waals surface area contributed by atoms with Gasteiger partial charge in [-0.05, 0) is 24.3 Å². The second-order valence-corrected chi connectivity index (χ2v) is 2.68. The lowest BCUT2D eigenvalue weighted by Crippen LogP contribution is -2.15. The number of rotatable bonds is 3. The van der Waals surface area contributed by atoms with E-state index in [4.69, 9.17) is 5.26 Å². The molecule has 5 nitrogen and oxygen atoms in total. The molecular formula is C10H8FN3O2. The molecule has 0 aliphatic heterocycles. The lowest BCUT2D eigenvalue weighted by atomic mass is 10.3. The van der Waals surface area contributed by atoms with Crippen molar-refractivity contribution in [3.05, 3.63) is 30.1 Å². The Bertz CT molecular complexity index is 448. The molecule has 0 fully saturated rings. The average molecular weight is 221 g/mol. The zero-order chi connectivity index (χ0) is 12.0. The van der Waals surface area contributed by atoms with E-state index in [9.17, 15) is 9.18 Å².